The first-order valence-corrected chi connectivity index (χ1v) is 6.80. The number of hydrogen-bond donors (Lipinski definition) is 1. The number of morpholine rings is 1. The van der Waals surface area contributed by atoms with Gasteiger partial charge in [0.25, 0.3) is 5.91 Å². The molecule has 1 aliphatic heterocycles. The minimum Gasteiger partial charge on any atom is -0.394 e. The number of carbonyl (C=O) groups excluding carboxylic acids is 1. The lowest BCUT2D eigenvalue weighted by molar-refractivity contribution is -0.0667. The van der Waals surface area contributed by atoms with Crippen LogP contribution in [0.4, 0.5) is 4.39 Å². The number of nitrogens with zero attached hydrogens (tertiary/aromatic N) is 1. The Kier molecular flexibility index (Phi) is 4.54. The van der Waals surface area contributed by atoms with E-state index in [0.717, 1.165) is 0 Å². The van der Waals surface area contributed by atoms with Crippen molar-refractivity contribution in [2.45, 2.75) is 19.1 Å². The Labute approximate surface area is 119 Å². The zero-order valence-corrected chi connectivity index (χ0v) is 12.1. The molecule has 0 saturated carbocycles. The van der Waals surface area contributed by atoms with Crippen molar-refractivity contribution in [2.24, 2.45) is 0 Å². The third-order valence-corrected chi connectivity index (χ3v) is 3.79. The number of aliphatic hydroxyl groups excluding tert-OH is 1. The summed E-state index contributed by atoms with van der Waals surface area (Å²) in [7, 11) is 0. The summed E-state index contributed by atoms with van der Waals surface area (Å²) >= 11 is 3.20. The molecule has 0 aromatic heterocycles. The summed E-state index contributed by atoms with van der Waals surface area (Å²) in [6.45, 7) is 2.47. The van der Waals surface area contributed by atoms with Gasteiger partial charge in [-0.15, -0.1) is 0 Å². The van der Waals surface area contributed by atoms with Crippen molar-refractivity contribution in [2.75, 3.05) is 19.8 Å². The predicted molar refractivity (Wildman–Crippen MR) is 71.4 cm³/mol. The largest absolute Gasteiger partial charge is 0.394 e. The molecule has 1 heterocycles. The molecule has 104 valence electrons. The van der Waals surface area contributed by atoms with Crippen LogP contribution in [0, 0.1) is 5.82 Å². The SMILES string of the molecule is CC1COC(CO)CN1C(=O)c1ccc(F)cc1Br. The van der Waals surface area contributed by atoms with Crippen LogP contribution in [0.3, 0.4) is 0 Å². The van der Waals surface area contributed by atoms with Gasteiger partial charge in [-0.3, -0.25) is 4.79 Å². The zero-order valence-electron chi connectivity index (χ0n) is 10.5. The van der Waals surface area contributed by atoms with Crippen molar-refractivity contribution in [3.63, 3.8) is 0 Å². The molecule has 1 aromatic rings. The van der Waals surface area contributed by atoms with Gasteiger partial charge < -0.3 is 14.7 Å². The van der Waals surface area contributed by atoms with Gasteiger partial charge in [0, 0.05) is 11.0 Å². The molecule has 2 unspecified atom stereocenters. The number of amides is 1. The highest BCUT2D eigenvalue weighted by atomic mass is 79.9. The van der Waals surface area contributed by atoms with Gasteiger partial charge in [0.2, 0.25) is 0 Å². The number of aliphatic hydroxyl groups is 1. The molecule has 1 aliphatic rings. The van der Waals surface area contributed by atoms with Crippen LogP contribution in [-0.2, 0) is 4.74 Å². The Morgan fingerprint density at radius 3 is 3.00 bits per heavy atom. The van der Waals surface area contributed by atoms with Crippen molar-refractivity contribution >= 4 is 21.8 Å². The number of halogens is 2. The molecule has 0 spiro atoms. The molecule has 4 nitrogen and oxygen atoms in total. The number of carbonyl (C=O) groups is 1. The van der Waals surface area contributed by atoms with E-state index in [-0.39, 0.29) is 24.7 Å². The van der Waals surface area contributed by atoms with E-state index < -0.39 is 5.82 Å². The molecule has 1 saturated heterocycles. The number of ether oxygens (including phenoxy) is 1. The fourth-order valence-corrected chi connectivity index (χ4v) is 2.55. The second-order valence-electron chi connectivity index (χ2n) is 4.57. The highest BCUT2D eigenvalue weighted by Gasteiger charge is 2.30. The third kappa shape index (κ3) is 3.13. The molecule has 2 rings (SSSR count). The van der Waals surface area contributed by atoms with Crippen LogP contribution in [0.1, 0.15) is 17.3 Å². The van der Waals surface area contributed by atoms with E-state index in [2.05, 4.69) is 15.9 Å². The fourth-order valence-electron chi connectivity index (χ4n) is 2.03. The third-order valence-electron chi connectivity index (χ3n) is 3.13. The Morgan fingerprint density at radius 2 is 2.37 bits per heavy atom. The predicted octanol–water partition coefficient (Wildman–Crippen LogP) is 1.81. The summed E-state index contributed by atoms with van der Waals surface area (Å²) in [6.07, 6.45) is -0.362. The van der Waals surface area contributed by atoms with Crippen LogP contribution in [0.5, 0.6) is 0 Å². The summed E-state index contributed by atoms with van der Waals surface area (Å²) in [5, 5.41) is 9.12. The summed E-state index contributed by atoms with van der Waals surface area (Å²) in [5.41, 5.74) is 0.409. The van der Waals surface area contributed by atoms with Crippen molar-refractivity contribution < 1.29 is 19.0 Å². The van der Waals surface area contributed by atoms with E-state index in [1.165, 1.54) is 18.2 Å². The molecule has 0 radical (unpaired) electrons. The van der Waals surface area contributed by atoms with Crippen LogP contribution < -0.4 is 0 Å². The van der Waals surface area contributed by atoms with Gasteiger partial charge in [-0.25, -0.2) is 4.39 Å². The first-order chi connectivity index (χ1) is 9.02. The van der Waals surface area contributed by atoms with Crippen LogP contribution >= 0.6 is 15.9 Å². The normalized spacial score (nSPS) is 23.5. The molecule has 6 heteroatoms. The van der Waals surface area contributed by atoms with Crippen molar-refractivity contribution in [3.05, 3.63) is 34.1 Å². The van der Waals surface area contributed by atoms with Gasteiger partial charge in [0.05, 0.1) is 30.9 Å². The Hall–Kier alpha value is -0.980. The lowest BCUT2D eigenvalue weighted by Crippen LogP contribution is -2.52. The second kappa shape index (κ2) is 5.98. The van der Waals surface area contributed by atoms with Crippen molar-refractivity contribution in [1.82, 2.24) is 4.90 Å². The zero-order chi connectivity index (χ0) is 14.0. The summed E-state index contributed by atoms with van der Waals surface area (Å²) in [6, 6.07) is 3.90. The highest BCUT2D eigenvalue weighted by Crippen LogP contribution is 2.22. The number of hydrogen-bond acceptors (Lipinski definition) is 3. The minimum atomic E-state index is -0.397. The minimum absolute atomic E-state index is 0.0766. The van der Waals surface area contributed by atoms with Crippen LogP contribution in [0.2, 0.25) is 0 Å². The lowest BCUT2D eigenvalue weighted by atomic mass is 10.1. The topological polar surface area (TPSA) is 49.8 Å². The van der Waals surface area contributed by atoms with E-state index in [4.69, 9.17) is 9.84 Å². The van der Waals surface area contributed by atoms with Gasteiger partial charge in [-0.1, -0.05) is 0 Å². The van der Waals surface area contributed by atoms with E-state index >= 15 is 0 Å². The van der Waals surface area contributed by atoms with Crippen LogP contribution in [-0.4, -0.2) is 47.8 Å². The van der Waals surface area contributed by atoms with Gasteiger partial charge in [-0.05, 0) is 41.1 Å². The number of rotatable bonds is 2. The maximum atomic E-state index is 13.0. The van der Waals surface area contributed by atoms with Gasteiger partial charge in [0.15, 0.2) is 0 Å². The van der Waals surface area contributed by atoms with Gasteiger partial charge in [0.1, 0.15) is 5.82 Å². The monoisotopic (exact) mass is 331 g/mol. The highest BCUT2D eigenvalue weighted by molar-refractivity contribution is 9.10. The first-order valence-electron chi connectivity index (χ1n) is 6.01. The molecule has 0 aliphatic carbocycles. The average molecular weight is 332 g/mol. The molecule has 1 fully saturated rings. The summed E-state index contributed by atoms with van der Waals surface area (Å²) < 4.78 is 18.9. The summed E-state index contributed by atoms with van der Waals surface area (Å²) in [4.78, 5) is 14.1. The van der Waals surface area contributed by atoms with E-state index in [9.17, 15) is 9.18 Å². The van der Waals surface area contributed by atoms with Crippen LogP contribution in [0.25, 0.3) is 0 Å². The lowest BCUT2D eigenvalue weighted by Gasteiger charge is -2.37. The van der Waals surface area contributed by atoms with Crippen LogP contribution in [0.15, 0.2) is 22.7 Å². The first kappa shape index (κ1) is 14.4. The standard InChI is InChI=1S/C13H15BrFNO3/c1-8-7-19-10(6-17)5-16(8)13(18)11-3-2-9(15)4-12(11)14/h2-4,8,10,17H,5-7H2,1H3. The van der Waals surface area contributed by atoms with E-state index in [1.807, 2.05) is 6.92 Å². The molecule has 19 heavy (non-hydrogen) atoms. The molecular weight excluding hydrogens is 317 g/mol. The quantitative estimate of drug-likeness (QED) is 0.899. The molecule has 1 N–H and O–H groups in total. The van der Waals surface area contributed by atoms with Crippen molar-refractivity contribution in [1.29, 1.82) is 0 Å². The molecule has 2 atom stereocenters. The number of benzene rings is 1. The van der Waals surface area contributed by atoms with Crippen molar-refractivity contribution in [3.8, 4) is 0 Å². The van der Waals surface area contributed by atoms with Gasteiger partial charge >= 0.3 is 0 Å². The van der Waals surface area contributed by atoms with E-state index in [1.54, 1.807) is 4.90 Å². The molecular formula is C13H15BrFNO3. The Bertz CT molecular complexity index is 483. The maximum absolute atomic E-state index is 13.0. The van der Waals surface area contributed by atoms with E-state index in [0.29, 0.717) is 23.2 Å². The molecule has 0 bridgehead atoms. The molecule has 1 aromatic carbocycles. The summed E-state index contributed by atoms with van der Waals surface area (Å²) in [5.74, 6) is -0.590. The Morgan fingerprint density at radius 1 is 1.63 bits per heavy atom. The average Bonchev–Trinajstić information content (AvgIpc) is 2.38. The maximum Gasteiger partial charge on any atom is 0.255 e. The smallest absolute Gasteiger partial charge is 0.255 e. The van der Waals surface area contributed by atoms with Gasteiger partial charge in [-0.2, -0.15) is 0 Å². The second-order valence-corrected chi connectivity index (χ2v) is 5.42. The fraction of sp³-hybridized carbons (Fsp3) is 0.462. The molecule has 1 amide bonds. The Balaban J connectivity index is 2.22.